The van der Waals surface area contributed by atoms with E-state index in [9.17, 15) is 14.4 Å². The van der Waals surface area contributed by atoms with Crippen LogP contribution in [0.5, 0.6) is 0 Å². The summed E-state index contributed by atoms with van der Waals surface area (Å²) < 4.78 is 4.80. The molecule has 0 saturated carbocycles. The second-order valence-corrected chi connectivity index (χ2v) is 3.74. The van der Waals surface area contributed by atoms with Crippen molar-refractivity contribution in [2.75, 3.05) is 31.3 Å². The maximum atomic E-state index is 11.0. The first-order valence-corrected chi connectivity index (χ1v) is 5.60. The first-order valence-electron chi connectivity index (χ1n) is 4.44. The second kappa shape index (κ2) is 8.98. The molecule has 0 radical (unpaired) electrons. The zero-order chi connectivity index (χ0) is 12.4. The third-order valence-electron chi connectivity index (χ3n) is 1.27. The Balaban J connectivity index is 3.30. The Hall–Kier alpha value is -1.28. The van der Waals surface area contributed by atoms with Gasteiger partial charge in [0.25, 0.3) is 0 Å². The molecule has 0 aliphatic rings. The fourth-order valence-corrected chi connectivity index (χ4v) is 1.28. The molecule has 0 saturated heterocycles. The molecular formula is C8H14N2O5S. The lowest BCUT2D eigenvalue weighted by molar-refractivity contribution is -0.134. The number of thioether (sulfide) groups is 1. The molecule has 0 aromatic rings. The van der Waals surface area contributed by atoms with Gasteiger partial charge in [0.05, 0.1) is 18.1 Å². The number of nitrogens with two attached hydrogens (primary N) is 1. The van der Waals surface area contributed by atoms with Gasteiger partial charge in [-0.25, -0.2) is 0 Å². The Bertz CT molecular complexity index is 259. The van der Waals surface area contributed by atoms with E-state index >= 15 is 0 Å². The van der Waals surface area contributed by atoms with Crippen LogP contribution in [0.3, 0.4) is 0 Å². The van der Waals surface area contributed by atoms with E-state index in [2.05, 4.69) is 5.32 Å². The van der Waals surface area contributed by atoms with E-state index in [4.69, 9.17) is 15.6 Å². The molecule has 0 rings (SSSR count). The zero-order valence-electron chi connectivity index (χ0n) is 8.60. The lowest BCUT2D eigenvalue weighted by Crippen LogP contribution is -2.30. The predicted molar refractivity (Wildman–Crippen MR) is 58.0 cm³/mol. The van der Waals surface area contributed by atoms with Crippen LogP contribution in [0.15, 0.2) is 0 Å². The summed E-state index contributed by atoms with van der Waals surface area (Å²) in [5.41, 5.74) is 4.82. The predicted octanol–water partition coefficient (Wildman–Crippen LogP) is -1.58. The van der Waals surface area contributed by atoms with Crippen LogP contribution in [0.25, 0.3) is 0 Å². The summed E-state index contributed by atoms with van der Waals surface area (Å²) in [6.45, 7) is 0.279. The monoisotopic (exact) mass is 250 g/mol. The van der Waals surface area contributed by atoms with Crippen molar-refractivity contribution in [3.05, 3.63) is 0 Å². The standard InChI is InChI=1S/C8H14N2O5S/c9-6(11)3-15-2-1-10-7(12)4-16-5-8(13)14/h1-5H2,(H2,9,11)(H,10,12)(H,13,14). The number of carbonyl (C=O) groups excluding carboxylic acids is 2. The molecular weight excluding hydrogens is 236 g/mol. The quantitative estimate of drug-likeness (QED) is 0.425. The number of carboxylic acids is 1. The molecule has 0 bridgehead atoms. The van der Waals surface area contributed by atoms with Gasteiger partial charge in [0.1, 0.15) is 6.61 Å². The van der Waals surface area contributed by atoms with E-state index in [0.717, 1.165) is 11.8 Å². The normalized spacial score (nSPS) is 9.75. The fraction of sp³-hybridized carbons (Fsp3) is 0.625. The van der Waals surface area contributed by atoms with Gasteiger partial charge < -0.3 is 20.9 Å². The molecule has 16 heavy (non-hydrogen) atoms. The van der Waals surface area contributed by atoms with Crippen molar-refractivity contribution in [1.82, 2.24) is 5.32 Å². The number of aliphatic carboxylic acids is 1. The molecule has 0 unspecified atom stereocenters. The lowest BCUT2D eigenvalue weighted by Gasteiger charge is -2.04. The minimum atomic E-state index is -0.956. The van der Waals surface area contributed by atoms with Crippen molar-refractivity contribution in [2.45, 2.75) is 0 Å². The Morgan fingerprint density at radius 3 is 2.56 bits per heavy atom. The van der Waals surface area contributed by atoms with Gasteiger partial charge in [-0.05, 0) is 0 Å². The average Bonchev–Trinajstić information content (AvgIpc) is 2.16. The number of hydrogen-bond donors (Lipinski definition) is 3. The Morgan fingerprint density at radius 1 is 1.31 bits per heavy atom. The van der Waals surface area contributed by atoms with Crippen LogP contribution in [0.1, 0.15) is 0 Å². The van der Waals surface area contributed by atoms with Gasteiger partial charge in [-0.15, -0.1) is 11.8 Å². The van der Waals surface area contributed by atoms with Crippen LogP contribution in [0.2, 0.25) is 0 Å². The topological polar surface area (TPSA) is 119 Å². The summed E-state index contributed by atoms with van der Waals surface area (Å²) in [4.78, 5) is 31.4. The molecule has 4 N–H and O–H groups in total. The van der Waals surface area contributed by atoms with Crippen molar-refractivity contribution in [1.29, 1.82) is 0 Å². The smallest absolute Gasteiger partial charge is 0.313 e. The summed E-state index contributed by atoms with van der Waals surface area (Å²) in [5, 5.41) is 10.8. The highest BCUT2D eigenvalue weighted by Crippen LogP contribution is 1.97. The zero-order valence-corrected chi connectivity index (χ0v) is 9.42. The van der Waals surface area contributed by atoms with Crippen LogP contribution < -0.4 is 11.1 Å². The summed E-state index contributed by atoms with van der Waals surface area (Å²) >= 11 is 1.01. The van der Waals surface area contributed by atoms with Crippen LogP contribution in [0, 0.1) is 0 Å². The van der Waals surface area contributed by atoms with Crippen molar-refractivity contribution < 1.29 is 24.2 Å². The number of ether oxygens (including phenoxy) is 1. The Morgan fingerprint density at radius 2 is 2.00 bits per heavy atom. The molecule has 0 aromatic heterocycles. The number of rotatable bonds is 9. The second-order valence-electron chi connectivity index (χ2n) is 2.76. The van der Waals surface area contributed by atoms with E-state index in [1.165, 1.54) is 0 Å². The van der Waals surface area contributed by atoms with Crippen molar-refractivity contribution >= 4 is 29.5 Å². The van der Waals surface area contributed by atoms with Crippen LogP contribution >= 0.6 is 11.8 Å². The van der Waals surface area contributed by atoms with E-state index in [0.29, 0.717) is 0 Å². The van der Waals surface area contributed by atoms with Crippen LogP contribution in [0.4, 0.5) is 0 Å². The van der Waals surface area contributed by atoms with Gasteiger partial charge in [-0.2, -0.15) is 0 Å². The van der Waals surface area contributed by atoms with Crippen LogP contribution in [-0.2, 0) is 19.1 Å². The SMILES string of the molecule is NC(=O)COCCNC(=O)CSCC(=O)O. The fourth-order valence-electron chi connectivity index (χ4n) is 0.717. The molecule has 0 heterocycles. The molecule has 0 aliphatic carbocycles. The maximum absolute atomic E-state index is 11.0. The number of primary amides is 1. The minimum absolute atomic E-state index is 0.0854. The number of hydrogen-bond acceptors (Lipinski definition) is 5. The maximum Gasteiger partial charge on any atom is 0.313 e. The Labute approximate surface area is 96.7 Å². The largest absolute Gasteiger partial charge is 0.481 e. The van der Waals surface area contributed by atoms with E-state index in [-0.39, 0.29) is 37.2 Å². The third-order valence-corrected chi connectivity index (χ3v) is 2.19. The molecule has 0 aliphatic heterocycles. The summed E-state index contributed by atoms with van der Waals surface area (Å²) in [5.74, 6) is -1.81. The van der Waals surface area contributed by atoms with Crippen molar-refractivity contribution in [2.24, 2.45) is 5.73 Å². The molecule has 0 fully saturated rings. The highest BCUT2D eigenvalue weighted by molar-refractivity contribution is 8.00. The van der Waals surface area contributed by atoms with Gasteiger partial charge in [0.2, 0.25) is 11.8 Å². The molecule has 0 spiro atoms. The molecule has 8 heteroatoms. The molecule has 7 nitrogen and oxygen atoms in total. The Kier molecular flexibility index (Phi) is 8.26. The lowest BCUT2D eigenvalue weighted by atomic mass is 10.6. The summed E-state index contributed by atoms with van der Waals surface area (Å²) in [6, 6.07) is 0. The van der Waals surface area contributed by atoms with Gasteiger partial charge >= 0.3 is 5.97 Å². The van der Waals surface area contributed by atoms with E-state index in [1.54, 1.807) is 0 Å². The molecule has 0 atom stereocenters. The number of amides is 2. The van der Waals surface area contributed by atoms with Crippen molar-refractivity contribution in [3.63, 3.8) is 0 Å². The summed E-state index contributed by atoms with van der Waals surface area (Å²) in [7, 11) is 0. The van der Waals surface area contributed by atoms with Gasteiger partial charge in [0.15, 0.2) is 0 Å². The third kappa shape index (κ3) is 10.8. The highest BCUT2D eigenvalue weighted by Gasteiger charge is 2.03. The van der Waals surface area contributed by atoms with Gasteiger partial charge in [-0.1, -0.05) is 0 Å². The number of carboxylic acid groups (broad SMARTS) is 1. The van der Waals surface area contributed by atoms with E-state index < -0.39 is 11.9 Å². The highest BCUT2D eigenvalue weighted by atomic mass is 32.2. The van der Waals surface area contributed by atoms with Gasteiger partial charge in [0, 0.05) is 6.54 Å². The first-order chi connectivity index (χ1) is 7.52. The molecule has 0 aromatic carbocycles. The van der Waals surface area contributed by atoms with Gasteiger partial charge in [-0.3, -0.25) is 14.4 Å². The molecule has 2 amide bonds. The number of nitrogens with one attached hydrogen (secondary N) is 1. The summed E-state index contributed by atoms with van der Waals surface area (Å²) in [6.07, 6.45) is 0. The van der Waals surface area contributed by atoms with Crippen molar-refractivity contribution in [3.8, 4) is 0 Å². The number of carbonyl (C=O) groups is 3. The van der Waals surface area contributed by atoms with Crippen LogP contribution in [-0.4, -0.2) is 54.2 Å². The average molecular weight is 250 g/mol. The minimum Gasteiger partial charge on any atom is -0.481 e. The molecule has 92 valence electrons. The first kappa shape index (κ1) is 14.7. The van der Waals surface area contributed by atoms with E-state index in [1.807, 2.05) is 0 Å².